The SMILES string of the molecule is CCc1c(C2=CC=CC2)c2c(c(C(C)C)c1C(C)C)-c1c(C(C)C)c(=C(c3ccccc3)c3ccccc3)c(CC)cc1=[C]2. The number of allylic oxidation sites excluding steroid dienone is 4. The molecule has 0 bridgehead atoms. The van der Waals surface area contributed by atoms with E-state index in [9.17, 15) is 0 Å². The molecule has 223 valence electrons. The Morgan fingerprint density at radius 1 is 0.682 bits per heavy atom. The Hall–Kier alpha value is -3.90. The highest BCUT2D eigenvalue weighted by atomic mass is 14.4. The lowest BCUT2D eigenvalue weighted by Crippen LogP contribution is -2.27. The van der Waals surface area contributed by atoms with Crippen LogP contribution in [0.4, 0.5) is 0 Å². The molecule has 2 aliphatic rings. The van der Waals surface area contributed by atoms with Crippen LogP contribution >= 0.6 is 0 Å². The van der Waals surface area contributed by atoms with Crippen molar-refractivity contribution < 1.29 is 0 Å². The molecule has 0 heteroatoms. The summed E-state index contributed by atoms with van der Waals surface area (Å²) >= 11 is 0. The van der Waals surface area contributed by atoms with Crippen LogP contribution in [-0.2, 0) is 12.8 Å². The van der Waals surface area contributed by atoms with Gasteiger partial charge in [0.05, 0.1) is 0 Å². The third kappa shape index (κ3) is 4.93. The van der Waals surface area contributed by atoms with Gasteiger partial charge in [0.1, 0.15) is 0 Å². The van der Waals surface area contributed by atoms with Gasteiger partial charge < -0.3 is 0 Å². The van der Waals surface area contributed by atoms with Crippen molar-refractivity contribution in [3.63, 3.8) is 0 Å². The van der Waals surface area contributed by atoms with Gasteiger partial charge >= 0.3 is 0 Å². The predicted octanol–water partition coefficient (Wildman–Crippen LogP) is 10.5. The monoisotopic (exact) mass is 575 g/mol. The number of aryl methyl sites for hydroxylation is 1. The third-order valence-corrected chi connectivity index (χ3v) is 9.58. The second kappa shape index (κ2) is 12.2. The fourth-order valence-electron chi connectivity index (χ4n) is 7.92. The molecular weight excluding hydrogens is 528 g/mol. The van der Waals surface area contributed by atoms with Crippen molar-refractivity contribution in [2.75, 3.05) is 0 Å². The molecule has 0 unspecified atom stereocenters. The van der Waals surface area contributed by atoms with Crippen molar-refractivity contribution >= 4 is 17.2 Å². The van der Waals surface area contributed by atoms with Gasteiger partial charge in [0, 0.05) is 0 Å². The lowest BCUT2D eigenvalue weighted by atomic mass is 9.74. The second-order valence-electron chi connectivity index (χ2n) is 13.4. The van der Waals surface area contributed by atoms with Crippen LogP contribution in [-0.4, -0.2) is 0 Å². The van der Waals surface area contributed by atoms with Crippen molar-refractivity contribution in [3.05, 3.63) is 145 Å². The third-order valence-electron chi connectivity index (χ3n) is 9.58. The molecule has 4 aromatic rings. The Morgan fingerprint density at radius 2 is 1.27 bits per heavy atom. The van der Waals surface area contributed by atoms with Crippen LogP contribution in [0.3, 0.4) is 0 Å². The van der Waals surface area contributed by atoms with Gasteiger partial charge in [0.2, 0.25) is 0 Å². The molecule has 0 aliphatic heterocycles. The zero-order chi connectivity index (χ0) is 31.1. The van der Waals surface area contributed by atoms with Crippen LogP contribution in [0.2, 0.25) is 0 Å². The summed E-state index contributed by atoms with van der Waals surface area (Å²) in [4.78, 5) is 0. The van der Waals surface area contributed by atoms with E-state index in [4.69, 9.17) is 0 Å². The molecule has 0 nitrogen and oxygen atoms in total. The molecule has 0 N–H and O–H groups in total. The molecule has 0 fully saturated rings. The van der Waals surface area contributed by atoms with Gasteiger partial charge in [-0.25, -0.2) is 0 Å². The molecule has 4 aromatic carbocycles. The van der Waals surface area contributed by atoms with E-state index >= 15 is 0 Å². The number of benzene rings is 4. The molecule has 1 radical (unpaired) electrons. The van der Waals surface area contributed by atoms with Gasteiger partial charge in [-0.1, -0.05) is 134 Å². The van der Waals surface area contributed by atoms with Crippen LogP contribution in [0.1, 0.15) is 130 Å². The zero-order valence-corrected chi connectivity index (χ0v) is 27.9. The average Bonchev–Trinajstić information content (AvgIpc) is 3.68. The summed E-state index contributed by atoms with van der Waals surface area (Å²) in [5.74, 6) is 1.19. The molecule has 2 aliphatic carbocycles. The van der Waals surface area contributed by atoms with Crippen molar-refractivity contribution in [3.8, 4) is 11.1 Å². The quantitative estimate of drug-likeness (QED) is 0.173. The van der Waals surface area contributed by atoms with E-state index < -0.39 is 0 Å². The molecule has 0 amide bonds. The van der Waals surface area contributed by atoms with Gasteiger partial charge in [-0.05, 0) is 132 Å². The topological polar surface area (TPSA) is 0 Å². The predicted molar refractivity (Wildman–Crippen MR) is 191 cm³/mol. The van der Waals surface area contributed by atoms with Crippen LogP contribution < -0.4 is 10.4 Å². The van der Waals surface area contributed by atoms with E-state index in [-0.39, 0.29) is 0 Å². The number of rotatable bonds is 8. The van der Waals surface area contributed by atoms with E-state index in [0.29, 0.717) is 17.8 Å². The normalized spacial score (nSPS) is 13.5. The standard InChI is InChI=1S/C44H47/c1-9-30-25-34-26-36-41(33-23-17-18-24-33)35(10-2)37(27(3)4)38(28(5)6)44(36)43(34)39(29(7)8)42(30)40(31-19-13-11-14-20-31)32-21-15-12-16-22-32/h11-23,25,27-29H,9-10,24H2,1-8H3. The summed E-state index contributed by atoms with van der Waals surface area (Å²) in [6.45, 7) is 19.0. The Morgan fingerprint density at radius 3 is 1.75 bits per heavy atom. The van der Waals surface area contributed by atoms with E-state index in [2.05, 4.69) is 146 Å². The summed E-state index contributed by atoms with van der Waals surface area (Å²) in [6.07, 6.45) is 14.0. The Balaban J connectivity index is 1.88. The van der Waals surface area contributed by atoms with Gasteiger partial charge in [0.25, 0.3) is 0 Å². The first kappa shape index (κ1) is 30.1. The van der Waals surface area contributed by atoms with E-state index in [1.54, 1.807) is 5.56 Å². The molecule has 0 heterocycles. The molecule has 0 saturated heterocycles. The van der Waals surface area contributed by atoms with Crippen LogP contribution in [0.25, 0.3) is 28.3 Å². The first-order valence-electron chi connectivity index (χ1n) is 16.8. The molecule has 6 rings (SSSR count). The first-order valence-corrected chi connectivity index (χ1v) is 16.8. The van der Waals surface area contributed by atoms with Crippen molar-refractivity contribution in [2.24, 2.45) is 0 Å². The molecule has 0 saturated carbocycles. The average molecular weight is 576 g/mol. The van der Waals surface area contributed by atoms with Crippen LogP contribution in [0.15, 0.2) is 85.0 Å². The fraction of sp³-hybridized carbons (Fsp3) is 0.318. The largest absolute Gasteiger partial charge is 0.0801 e. The van der Waals surface area contributed by atoms with Crippen molar-refractivity contribution in [1.29, 1.82) is 0 Å². The maximum absolute atomic E-state index is 4.10. The minimum Gasteiger partial charge on any atom is -0.0801 e. The summed E-state index contributed by atoms with van der Waals surface area (Å²) in [5.41, 5.74) is 18.5. The van der Waals surface area contributed by atoms with Gasteiger partial charge in [-0.2, -0.15) is 0 Å². The number of fused-ring (bicyclic) bond motifs is 3. The first-order chi connectivity index (χ1) is 21.3. The Labute approximate surface area is 265 Å². The minimum absolute atomic E-state index is 0.338. The second-order valence-corrected chi connectivity index (χ2v) is 13.4. The zero-order valence-electron chi connectivity index (χ0n) is 27.9. The summed E-state index contributed by atoms with van der Waals surface area (Å²) in [7, 11) is 0. The Kier molecular flexibility index (Phi) is 8.38. The summed E-state index contributed by atoms with van der Waals surface area (Å²) < 4.78 is 0. The molecular formula is C44H47. The molecule has 44 heavy (non-hydrogen) atoms. The van der Waals surface area contributed by atoms with Crippen molar-refractivity contribution in [1.82, 2.24) is 0 Å². The van der Waals surface area contributed by atoms with Gasteiger partial charge in [0.15, 0.2) is 0 Å². The lowest BCUT2D eigenvalue weighted by molar-refractivity contribution is 0.775. The van der Waals surface area contributed by atoms with Crippen LogP contribution in [0, 0.1) is 0 Å². The van der Waals surface area contributed by atoms with E-state index in [1.165, 1.54) is 77.2 Å². The van der Waals surface area contributed by atoms with Gasteiger partial charge in [-0.3, -0.25) is 0 Å². The van der Waals surface area contributed by atoms with Crippen LogP contribution in [0.5, 0.6) is 0 Å². The highest BCUT2D eigenvalue weighted by molar-refractivity contribution is 5.97. The smallest absolute Gasteiger partial charge is 0.000710 e. The number of hydrogen-bond acceptors (Lipinski definition) is 0. The van der Waals surface area contributed by atoms with E-state index in [0.717, 1.165) is 19.3 Å². The molecule has 0 spiro atoms. The van der Waals surface area contributed by atoms with Gasteiger partial charge in [-0.15, -0.1) is 0 Å². The molecule has 0 aromatic heterocycles. The minimum atomic E-state index is 0.338. The van der Waals surface area contributed by atoms with Crippen molar-refractivity contribution in [2.45, 2.75) is 92.4 Å². The maximum atomic E-state index is 4.10. The Bertz CT molecular complexity index is 1850. The number of hydrogen-bond donors (Lipinski definition) is 0. The highest BCUT2D eigenvalue weighted by Crippen LogP contribution is 2.48. The molecule has 0 atom stereocenters. The highest BCUT2D eigenvalue weighted by Gasteiger charge is 2.33. The maximum Gasteiger partial charge on any atom is -0.000710 e. The van der Waals surface area contributed by atoms with E-state index in [1.807, 2.05) is 0 Å². The summed E-state index contributed by atoms with van der Waals surface area (Å²) in [5, 5.41) is 2.69. The lowest BCUT2D eigenvalue weighted by Gasteiger charge is -2.29. The fourth-order valence-corrected chi connectivity index (χ4v) is 7.92. The summed E-state index contributed by atoms with van der Waals surface area (Å²) in [6, 6.07) is 24.6.